The third kappa shape index (κ3) is 3.75. The van der Waals surface area contributed by atoms with Crippen molar-refractivity contribution in [2.24, 2.45) is 0 Å². The first-order chi connectivity index (χ1) is 8.96. The van der Waals surface area contributed by atoms with Gasteiger partial charge in [0.25, 0.3) is 0 Å². The van der Waals surface area contributed by atoms with Crippen molar-refractivity contribution < 1.29 is 27.8 Å². The van der Waals surface area contributed by atoms with E-state index in [-0.39, 0.29) is 0 Å². The zero-order valence-electron chi connectivity index (χ0n) is 9.96. The van der Waals surface area contributed by atoms with Crippen LogP contribution >= 0.6 is 0 Å². The van der Waals surface area contributed by atoms with Crippen LogP contribution in [0.5, 0.6) is 11.5 Å². The van der Waals surface area contributed by atoms with Gasteiger partial charge in [-0.25, -0.2) is 8.42 Å². The average Bonchev–Trinajstić information content (AvgIpc) is 2.36. The van der Waals surface area contributed by atoms with Crippen LogP contribution in [0, 0.1) is 0 Å². The number of aliphatic carboxylic acids is 1. The fourth-order valence-corrected chi connectivity index (χ4v) is 2.59. The molecule has 0 aromatic heterocycles. The van der Waals surface area contributed by atoms with Gasteiger partial charge in [0.1, 0.15) is 13.2 Å². The number of hydrogen-bond acceptors (Lipinski definition) is 5. The molecule has 0 spiro atoms. The summed E-state index contributed by atoms with van der Waals surface area (Å²) in [6.45, 7) is 0.860. The second-order valence-corrected chi connectivity index (χ2v) is 5.76. The Bertz CT molecular complexity index is 583. The van der Waals surface area contributed by atoms with E-state index in [1.807, 2.05) is 0 Å². The summed E-state index contributed by atoms with van der Waals surface area (Å²) >= 11 is 0. The Kier molecular flexibility index (Phi) is 3.79. The van der Waals surface area contributed by atoms with Crippen molar-refractivity contribution in [3.05, 3.63) is 18.2 Å². The van der Waals surface area contributed by atoms with Gasteiger partial charge >= 0.3 is 5.97 Å². The number of sulfonamides is 1. The number of ether oxygens (including phenoxy) is 2. The lowest BCUT2D eigenvalue weighted by Gasteiger charge is -2.19. The molecule has 1 aliphatic rings. The number of carboxylic acids is 1. The Labute approximate surface area is 110 Å². The van der Waals surface area contributed by atoms with Crippen molar-refractivity contribution >= 4 is 21.7 Å². The molecule has 0 aliphatic carbocycles. The van der Waals surface area contributed by atoms with Gasteiger partial charge < -0.3 is 14.6 Å². The van der Waals surface area contributed by atoms with Crippen molar-refractivity contribution in [2.75, 3.05) is 23.7 Å². The molecule has 104 valence electrons. The summed E-state index contributed by atoms with van der Waals surface area (Å²) < 4.78 is 36.2. The van der Waals surface area contributed by atoms with Gasteiger partial charge in [-0.2, -0.15) is 0 Å². The van der Waals surface area contributed by atoms with E-state index in [0.717, 1.165) is 0 Å². The van der Waals surface area contributed by atoms with E-state index < -0.39 is 28.2 Å². The second-order valence-electron chi connectivity index (χ2n) is 3.92. The molecule has 1 aliphatic heterocycles. The van der Waals surface area contributed by atoms with Crippen molar-refractivity contribution in [1.82, 2.24) is 0 Å². The number of benzene rings is 1. The Morgan fingerprint density at radius 1 is 1.26 bits per heavy atom. The van der Waals surface area contributed by atoms with Crippen molar-refractivity contribution in [1.29, 1.82) is 0 Å². The van der Waals surface area contributed by atoms with Crippen LogP contribution in [0.15, 0.2) is 18.2 Å². The molecule has 0 atom stereocenters. The molecule has 2 N–H and O–H groups in total. The lowest BCUT2D eigenvalue weighted by atomic mass is 10.3. The highest BCUT2D eigenvalue weighted by molar-refractivity contribution is 7.92. The Morgan fingerprint density at radius 3 is 2.63 bits per heavy atom. The molecular formula is C11H13NO6S. The third-order valence-electron chi connectivity index (χ3n) is 2.40. The molecule has 0 saturated carbocycles. The molecule has 0 saturated heterocycles. The topological polar surface area (TPSA) is 102 Å². The highest BCUT2D eigenvalue weighted by Crippen LogP contribution is 2.32. The van der Waals surface area contributed by atoms with E-state index in [2.05, 4.69) is 4.72 Å². The number of nitrogens with one attached hydrogen (secondary N) is 1. The zero-order chi connectivity index (χ0) is 13.9. The summed E-state index contributed by atoms with van der Waals surface area (Å²) in [5.74, 6) is -0.617. The SMILES string of the molecule is O=C(O)CCS(=O)(=O)Nc1ccc2c(c1)OCCO2. The van der Waals surface area contributed by atoms with Gasteiger partial charge in [-0.05, 0) is 12.1 Å². The highest BCUT2D eigenvalue weighted by Gasteiger charge is 2.16. The maximum atomic E-state index is 11.6. The Hall–Kier alpha value is -1.96. The molecule has 2 rings (SSSR count). The lowest BCUT2D eigenvalue weighted by molar-refractivity contribution is -0.136. The van der Waals surface area contributed by atoms with Crippen molar-refractivity contribution in [2.45, 2.75) is 6.42 Å². The summed E-state index contributed by atoms with van der Waals surface area (Å²) in [5.41, 5.74) is 0.314. The summed E-state index contributed by atoms with van der Waals surface area (Å²) in [6.07, 6.45) is -0.445. The van der Waals surface area contributed by atoms with Gasteiger partial charge in [0.15, 0.2) is 11.5 Å². The van der Waals surface area contributed by atoms with E-state index in [0.29, 0.717) is 30.4 Å². The predicted molar refractivity (Wildman–Crippen MR) is 67.1 cm³/mol. The molecule has 19 heavy (non-hydrogen) atoms. The van der Waals surface area contributed by atoms with Crippen LogP contribution in [-0.2, 0) is 14.8 Å². The maximum absolute atomic E-state index is 11.6. The number of anilines is 1. The number of carboxylic acid groups (broad SMARTS) is 1. The smallest absolute Gasteiger partial charge is 0.304 e. The van der Waals surface area contributed by atoms with E-state index in [1.165, 1.54) is 12.1 Å². The molecular weight excluding hydrogens is 274 g/mol. The van der Waals surface area contributed by atoms with Crippen LogP contribution in [0.1, 0.15) is 6.42 Å². The maximum Gasteiger partial charge on any atom is 0.304 e. The van der Waals surface area contributed by atoms with Crippen LogP contribution in [0.4, 0.5) is 5.69 Å². The molecule has 0 radical (unpaired) electrons. The minimum atomic E-state index is -3.68. The molecule has 1 heterocycles. The van der Waals surface area contributed by atoms with Crippen LogP contribution in [-0.4, -0.2) is 38.5 Å². The van der Waals surface area contributed by atoms with E-state index in [9.17, 15) is 13.2 Å². The standard InChI is InChI=1S/C11H13NO6S/c13-11(14)3-6-19(15,16)12-8-1-2-9-10(7-8)18-5-4-17-9/h1-2,7,12H,3-6H2,(H,13,14). The minimum Gasteiger partial charge on any atom is -0.486 e. The quantitative estimate of drug-likeness (QED) is 0.825. The lowest BCUT2D eigenvalue weighted by Crippen LogP contribution is -2.19. The van der Waals surface area contributed by atoms with Gasteiger partial charge in [-0.3, -0.25) is 9.52 Å². The molecule has 7 nitrogen and oxygen atoms in total. The van der Waals surface area contributed by atoms with Crippen LogP contribution in [0.25, 0.3) is 0 Å². The molecule has 8 heteroatoms. The highest BCUT2D eigenvalue weighted by atomic mass is 32.2. The van der Waals surface area contributed by atoms with Gasteiger partial charge in [-0.15, -0.1) is 0 Å². The molecule has 1 aromatic carbocycles. The number of rotatable bonds is 5. The van der Waals surface area contributed by atoms with E-state index in [1.54, 1.807) is 6.07 Å². The molecule has 0 bridgehead atoms. The van der Waals surface area contributed by atoms with Gasteiger partial charge in [-0.1, -0.05) is 0 Å². The van der Waals surface area contributed by atoms with Crippen LogP contribution < -0.4 is 14.2 Å². The second kappa shape index (κ2) is 5.35. The van der Waals surface area contributed by atoms with Gasteiger partial charge in [0.05, 0.1) is 17.9 Å². The zero-order valence-corrected chi connectivity index (χ0v) is 10.8. The molecule has 0 amide bonds. The molecule has 1 aromatic rings. The Balaban J connectivity index is 2.08. The van der Waals surface area contributed by atoms with Crippen LogP contribution in [0.3, 0.4) is 0 Å². The molecule has 0 fully saturated rings. The molecule has 0 unspecified atom stereocenters. The predicted octanol–water partition coefficient (Wildman–Crippen LogP) is 0.674. The van der Waals surface area contributed by atoms with Crippen molar-refractivity contribution in [3.8, 4) is 11.5 Å². The fraction of sp³-hybridized carbons (Fsp3) is 0.364. The van der Waals surface area contributed by atoms with Gasteiger partial charge in [0, 0.05) is 6.07 Å². The number of carbonyl (C=O) groups is 1. The monoisotopic (exact) mass is 287 g/mol. The van der Waals surface area contributed by atoms with E-state index >= 15 is 0 Å². The summed E-state index contributed by atoms with van der Waals surface area (Å²) in [4.78, 5) is 10.4. The first kappa shape index (κ1) is 13.5. The summed E-state index contributed by atoms with van der Waals surface area (Å²) in [5, 5.41) is 8.47. The third-order valence-corrected chi connectivity index (χ3v) is 3.69. The minimum absolute atomic E-state index is 0.314. The van der Waals surface area contributed by atoms with Gasteiger partial charge in [0.2, 0.25) is 10.0 Å². The van der Waals surface area contributed by atoms with Crippen LogP contribution in [0.2, 0.25) is 0 Å². The normalized spacial score (nSPS) is 13.9. The first-order valence-electron chi connectivity index (χ1n) is 5.58. The summed E-state index contributed by atoms with van der Waals surface area (Å²) in [7, 11) is -3.68. The fourth-order valence-electron chi connectivity index (χ4n) is 1.56. The number of hydrogen-bond donors (Lipinski definition) is 2. The van der Waals surface area contributed by atoms with Crippen molar-refractivity contribution in [3.63, 3.8) is 0 Å². The largest absolute Gasteiger partial charge is 0.486 e. The average molecular weight is 287 g/mol. The number of fused-ring (bicyclic) bond motifs is 1. The summed E-state index contributed by atoms with van der Waals surface area (Å²) in [6, 6.07) is 4.64. The Morgan fingerprint density at radius 2 is 1.95 bits per heavy atom. The van der Waals surface area contributed by atoms with E-state index in [4.69, 9.17) is 14.6 Å². The first-order valence-corrected chi connectivity index (χ1v) is 7.23.